The highest BCUT2D eigenvalue weighted by atomic mass is 35.5. The maximum absolute atomic E-state index is 13.3. The number of ketones is 1. The van der Waals surface area contributed by atoms with E-state index in [0.717, 1.165) is 4.70 Å². The molecular weight excluding hydrogens is 488 g/mol. The highest BCUT2D eigenvalue weighted by Crippen LogP contribution is 2.44. The molecule has 0 radical (unpaired) electrons. The van der Waals surface area contributed by atoms with Gasteiger partial charge in [0.15, 0.2) is 5.13 Å². The van der Waals surface area contributed by atoms with Crippen molar-refractivity contribution >= 4 is 55.7 Å². The molecule has 0 aliphatic carbocycles. The number of fused-ring (bicyclic) bond motifs is 1. The molecule has 1 N–H and O–H groups in total. The predicted octanol–water partition coefficient (Wildman–Crippen LogP) is 5.59. The highest BCUT2D eigenvalue weighted by Gasteiger charge is 2.48. The Balaban J connectivity index is 1.70. The second kappa shape index (κ2) is 9.05. The number of ether oxygens (including phenoxy) is 2. The third kappa shape index (κ3) is 4.00. The van der Waals surface area contributed by atoms with E-state index in [1.54, 1.807) is 74.9 Å². The van der Waals surface area contributed by atoms with E-state index >= 15 is 0 Å². The fourth-order valence-electron chi connectivity index (χ4n) is 4.02. The number of anilines is 1. The number of methoxy groups -OCH3 is 2. The SMILES string of the molecule is COc1ccc([C@@H]2/C(=C(\O)c3ccc(Cl)cc3)C(=O)C(=O)N2c2nc3ccc(OC)cc3s2)cc1. The van der Waals surface area contributed by atoms with Crippen LogP contribution in [-0.2, 0) is 9.59 Å². The van der Waals surface area contributed by atoms with Gasteiger partial charge in [-0.25, -0.2) is 4.98 Å². The summed E-state index contributed by atoms with van der Waals surface area (Å²) < 4.78 is 11.4. The van der Waals surface area contributed by atoms with Crippen LogP contribution in [0.1, 0.15) is 17.2 Å². The Labute approximate surface area is 209 Å². The first kappa shape index (κ1) is 22.9. The number of hydrogen-bond donors (Lipinski definition) is 1. The van der Waals surface area contributed by atoms with Crippen LogP contribution in [0.15, 0.2) is 72.3 Å². The minimum atomic E-state index is -0.890. The lowest BCUT2D eigenvalue weighted by Gasteiger charge is -2.23. The first-order chi connectivity index (χ1) is 16.9. The number of carbonyl (C=O) groups excluding carboxylic acids is 2. The molecule has 0 spiro atoms. The van der Waals surface area contributed by atoms with E-state index in [0.29, 0.717) is 38.3 Å². The summed E-state index contributed by atoms with van der Waals surface area (Å²) >= 11 is 7.25. The lowest BCUT2D eigenvalue weighted by molar-refractivity contribution is -0.132. The van der Waals surface area contributed by atoms with Gasteiger partial charge in [0.2, 0.25) is 0 Å². The van der Waals surface area contributed by atoms with Gasteiger partial charge in [-0.1, -0.05) is 35.1 Å². The summed E-state index contributed by atoms with van der Waals surface area (Å²) in [6, 6.07) is 17.9. The molecule has 1 aromatic heterocycles. The summed E-state index contributed by atoms with van der Waals surface area (Å²) in [6.07, 6.45) is 0. The van der Waals surface area contributed by atoms with Gasteiger partial charge in [0.1, 0.15) is 17.3 Å². The zero-order valence-corrected chi connectivity index (χ0v) is 20.3. The van der Waals surface area contributed by atoms with E-state index in [1.165, 1.54) is 16.2 Å². The monoisotopic (exact) mass is 506 g/mol. The number of halogens is 1. The molecule has 1 fully saturated rings. The van der Waals surface area contributed by atoms with E-state index in [4.69, 9.17) is 21.1 Å². The average molecular weight is 507 g/mol. The average Bonchev–Trinajstić information content (AvgIpc) is 3.41. The maximum atomic E-state index is 13.3. The molecule has 1 saturated heterocycles. The number of rotatable bonds is 5. The van der Waals surface area contributed by atoms with E-state index in [1.807, 2.05) is 6.07 Å². The molecule has 0 unspecified atom stereocenters. The highest BCUT2D eigenvalue weighted by molar-refractivity contribution is 7.22. The van der Waals surface area contributed by atoms with Gasteiger partial charge in [0.05, 0.1) is 36.1 Å². The molecule has 9 heteroatoms. The minimum Gasteiger partial charge on any atom is -0.507 e. The molecule has 1 atom stereocenters. The number of hydrogen-bond acceptors (Lipinski definition) is 7. The fraction of sp³-hybridized carbons (Fsp3) is 0.115. The summed E-state index contributed by atoms with van der Waals surface area (Å²) in [5, 5.41) is 12.0. The number of benzene rings is 3. The quantitative estimate of drug-likeness (QED) is 0.215. The number of nitrogens with zero attached hydrogens (tertiary/aromatic N) is 2. The van der Waals surface area contributed by atoms with Crippen LogP contribution in [0.25, 0.3) is 16.0 Å². The van der Waals surface area contributed by atoms with Gasteiger partial charge >= 0.3 is 5.91 Å². The van der Waals surface area contributed by atoms with Gasteiger partial charge in [0, 0.05) is 10.6 Å². The van der Waals surface area contributed by atoms with Crippen molar-refractivity contribution in [2.75, 3.05) is 19.1 Å². The number of thiazole rings is 1. The van der Waals surface area contributed by atoms with Gasteiger partial charge in [-0.05, 0) is 60.2 Å². The largest absolute Gasteiger partial charge is 0.507 e. The molecule has 4 aromatic rings. The summed E-state index contributed by atoms with van der Waals surface area (Å²) in [7, 11) is 3.12. The zero-order valence-electron chi connectivity index (χ0n) is 18.7. The van der Waals surface area contributed by atoms with Crippen molar-refractivity contribution in [3.8, 4) is 11.5 Å². The lowest BCUT2D eigenvalue weighted by Crippen LogP contribution is -2.29. The standard InChI is InChI=1S/C26H19ClN2O5S/c1-33-17-9-5-14(6-10-17)22-21(23(30)15-3-7-16(27)8-4-15)24(31)25(32)29(22)26-28-19-12-11-18(34-2)13-20(19)35-26/h3-13,22,30H,1-2H3/b23-21+/t22-/m1/s1. The van der Waals surface area contributed by atoms with Crippen LogP contribution < -0.4 is 14.4 Å². The van der Waals surface area contributed by atoms with Gasteiger partial charge < -0.3 is 14.6 Å². The molecule has 0 bridgehead atoms. The zero-order chi connectivity index (χ0) is 24.7. The maximum Gasteiger partial charge on any atom is 0.301 e. The van der Waals surface area contributed by atoms with E-state index < -0.39 is 17.7 Å². The van der Waals surface area contributed by atoms with Crippen molar-refractivity contribution in [3.63, 3.8) is 0 Å². The predicted molar refractivity (Wildman–Crippen MR) is 135 cm³/mol. The Kier molecular flexibility index (Phi) is 5.92. The van der Waals surface area contributed by atoms with Crippen LogP contribution in [0, 0.1) is 0 Å². The second-order valence-electron chi connectivity index (χ2n) is 7.78. The number of aromatic nitrogens is 1. The van der Waals surface area contributed by atoms with Crippen molar-refractivity contribution in [2.24, 2.45) is 0 Å². The number of aliphatic hydroxyl groups is 1. The Morgan fingerprint density at radius 3 is 2.29 bits per heavy atom. The number of Topliss-reactive ketones (excluding diaryl/α,β-unsaturated/α-hetero) is 1. The van der Waals surface area contributed by atoms with Gasteiger partial charge in [-0.2, -0.15) is 0 Å². The summed E-state index contributed by atoms with van der Waals surface area (Å²) in [6.45, 7) is 0. The molecule has 7 nitrogen and oxygen atoms in total. The minimum absolute atomic E-state index is 0.0284. The van der Waals surface area contributed by atoms with E-state index in [2.05, 4.69) is 4.98 Å². The normalized spacial score (nSPS) is 17.2. The van der Waals surface area contributed by atoms with Crippen LogP contribution in [0.2, 0.25) is 5.02 Å². The van der Waals surface area contributed by atoms with Crippen molar-refractivity contribution in [2.45, 2.75) is 6.04 Å². The molecule has 176 valence electrons. The van der Waals surface area contributed by atoms with Crippen LogP contribution in [0.4, 0.5) is 5.13 Å². The summed E-state index contributed by atoms with van der Waals surface area (Å²) in [5.74, 6) is -0.576. The first-order valence-corrected chi connectivity index (χ1v) is 11.8. The van der Waals surface area contributed by atoms with Crippen molar-refractivity contribution in [1.82, 2.24) is 4.98 Å². The van der Waals surface area contributed by atoms with Gasteiger partial charge in [-0.3, -0.25) is 14.5 Å². The summed E-state index contributed by atoms with van der Waals surface area (Å²) in [4.78, 5) is 32.6. The summed E-state index contributed by atoms with van der Waals surface area (Å²) in [5.41, 5.74) is 1.63. The van der Waals surface area contributed by atoms with E-state index in [9.17, 15) is 14.7 Å². The Hall–Kier alpha value is -3.88. The van der Waals surface area contributed by atoms with E-state index in [-0.39, 0.29) is 11.3 Å². The molecule has 1 aliphatic heterocycles. The van der Waals surface area contributed by atoms with Crippen LogP contribution in [0.5, 0.6) is 11.5 Å². The molecular formula is C26H19ClN2O5S. The van der Waals surface area contributed by atoms with Gasteiger partial charge in [-0.15, -0.1) is 0 Å². The third-order valence-corrected chi connectivity index (χ3v) is 7.05. The molecule has 1 amide bonds. The Morgan fingerprint density at radius 1 is 0.971 bits per heavy atom. The molecule has 3 aromatic carbocycles. The molecule has 35 heavy (non-hydrogen) atoms. The molecule has 0 saturated carbocycles. The second-order valence-corrected chi connectivity index (χ2v) is 9.22. The van der Waals surface area contributed by atoms with Crippen molar-refractivity contribution < 1.29 is 24.2 Å². The Morgan fingerprint density at radius 2 is 1.63 bits per heavy atom. The molecule has 1 aliphatic rings. The fourth-order valence-corrected chi connectivity index (χ4v) is 5.16. The third-order valence-electron chi connectivity index (χ3n) is 5.78. The number of aliphatic hydroxyl groups excluding tert-OH is 1. The topological polar surface area (TPSA) is 89.0 Å². The van der Waals surface area contributed by atoms with Crippen molar-refractivity contribution in [1.29, 1.82) is 0 Å². The van der Waals surface area contributed by atoms with Gasteiger partial charge in [0.25, 0.3) is 5.78 Å². The number of carbonyl (C=O) groups is 2. The Bertz CT molecular complexity index is 1480. The van der Waals surface area contributed by atoms with Crippen LogP contribution >= 0.6 is 22.9 Å². The first-order valence-electron chi connectivity index (χ1n) is 10.6. The van der Waals surface area contributed by atoms with Crippen molar-refractivity contribution in [3.05, 3.63) is 88.5 Å². The lowest BCUT2D eigenvalue weighted by atomic mass is 9.95. The number of amides is 1. The van der Waals surface area contributed by atoms with Crippen LogP contribution in [0.3, 0.4) is 0 Å². The molecule has 2 heterocycles. The molecule has 5 rings (SSSR count). The van der Waals surface area contributed by atoms with Crippen LogP contribution in [-0.4, -0.2) is 36.0 Å². The smallest absolute Gasteiger partial charge is 0.301 e.